The highest BCUT2D eigenvalue weighted by Crippen LogP contribution is 1.96. The van der Waals surface area contributed by atoms with Gasteiger partial charge in [-0.3, -0.25) is 0 Å². The van der Waals surface area contributed by atoms with Crippen LogP contribution in [0.25, 0.3) is 0 Å². The third kappa shape index (κ3) is 9.70. The summed E-state index contributed by atoms with van der Waals surface area (Å²) in [5.41, 5.74) is 0. The van der Waals surface area contributed by atoms with Crippen LogP contribution in [0, 0.1) is 11.8 Å². The molecular weight excluding hydrogens is 146 g/mol. The molecule has 0 spiro atoms. The zero-order chi connectivity index (χ0) is 9.40. The summed E-state index contributed by atoms with van der Waals surface area (Å²) >= 11 is 0. The Hall–Kier alpha value is -0.300. The summed E-state index contributed by atoms with van der Waals surface area (Å²) in [5, 5.41) is 3.39. The van der Waals surface area contributed by atoms with Crippen LogP contribution in [0.5, 0.6) is 0 Å². The first-order valence-corrected chi connectivity index (χ1v) is 5.00. The molecule has 0 radical (unpaired) electrons. The Bertz CT molecular complexity index is 114. The number of hydrogen-bond donors (Lipinski definition) is 1. The first-order chi connectivity index (χ1) is 5.63. The molecule has 0 unspecified atom stereocenters. The van der Waals surface area contributed by atoms with Crippen molar-refractivity contribution in [2.75, 3.05) is 13.1 Å². The number of nitrogens with one attached hydrogen (secondary N) is 1. The Kier molecular flexibility index (Phi) is 7.17. The molecule has 0 heterocycles. The van der Waals surface area contributed by atoms with Crippen molar-refractivity contribution >= 4 is 0 Å². The summed E-state index contributed by atoms with van der Waals surface area (Å²) in [7, 11) is 0. The van der Waals surface area contributed by atoms with Gasteiger partial charge in [-0.05, 0) is 24.8 Å². The maximum absolute atomic E-state index is 3.39. The molecule has 72 valence electrons. The van der Waals surface area contributed by atoms with E-state index in [4.69, 9.17) is 0 Å². The largest absolute Gasteiger partial charge is 0.313 e. The van der Waals surface area contributed by atoms with Gasteiger partial charge in [-0.2, -0.15) is 0 Å². The summed E-state index contributed by atoms with van der Waals surface area (Å²) in [6, 6.07) is 0. The van der Waals surface area contributed by atoms with Crippen LogP contribution in [0.4, 0.5) is 0 Å². The van der Waals surface area contributed by atoms with E-state index in [1.807, 2.05) is 0 Å². The molecular formula is C11H23N. The second kappa shape index (κ2) is 7.35. The van der Waals surface area contributed by atoms with E-state index in [9.17, 15) is 0 Å². The van der Waals surface area contributed by atoms with Gasteiger partial charge in [0.05, 0.1) is 0 Å². The lowest BCUT2D eigenvalue weighted by Crippen LogP contribution is -2.16. The molecule has 0 aromatic heterocycles. The Balaban J connectivity index is 3.11. The van der Waals surface area contributed by atoms with Gasteiger partial charge in [-0.15, -0.1) is 0 Å². The van der Waals surface area contributed by atoms with Gasteiger partial charge >= 0.3 is 0 Å². The summed E-state index contributed by atoms with van der Waals surface area (Å²) in [6.07, 6.45) is 5.73. The minimum atomic E-state index is 0.678. The lowest BCUT2D eigenvalue weighted by Gasteiger charge is -2.04. The lowest BCUT2D eigenvalue weighted by molar-refractivity contribution is 0.552. The van der Waals surface area contributed by atoms with Crippen molar-refractivity contribution in [3.8, 4) is 0 Å². The molecule has 1 heteroatoms. The number of rotatable bonds is 6. The van der Waals surface area contributed by atoms with Crippen molar-refractivity contribution in [2.24, 2.45) is 11.8 Å². The average molecular weight is 169 g/mol. The van der Waals surface area contributed by atoms with E-state index in [2.05, 4.69) is 45.2 Å². The van der Waals surface area contributed by atoms with E-state index in [1.54, 1.807) is 0 Å². The van der Waals surface area contributed by atoms with Gasteiger partial charge in [-0.1, -0.05) is 39.8 Å². The van der Waals surface area contributed by atoms with Gasteiger partial charge in [-0.25, -0.2) is 0 Å². The minimum absolute atomic E-state index is 0.678. The van der Waals surface area contributed by atoms with Crippen molar-refractivity contribution in [1.29, 1.82) is 0 Å². The van der Waals surface area contributed by atoms with Gasteiger partial charge in [0.1, 0.15) is 0 Å². The standard InChI is InChI=1S/C11H23N/c1-10(2)6-5-8-12-9-7-11(3)4/h5-6,10-12H,7-9H2,1-4H3/b6-5+. The Morgan fingerprint density at radius 1 is 1.17 bits per heavy atom. The molecule has 0 aliphatic rings. The van der Waals surface area contributed by atoms with Crippen LogP contribution >= 0.6 is 0 Å². The molecule has 0 saturated heterocycles. The monoisotopic (exact) mass is 169 g/mol. The van der Waals surface area contributed by atoms with Crippen LogP contribution in [0.1, 0.15) is 34.1 Å². The second-order valence-corrected chi connectivity index (χ2v) is 4.06. The molecule has 0 bridgehead atoms. The number of allylic oxidation sites excluding steroid dienone is 1. The smallest absolute Gasteiger partial charge is 0.0134 e. The summed E-state index contributed by atoms with van der Waals surface area (Å²) in [4.78, 5) is 0. The molecule has 0 rings (SSSR count). The maximum Gasteiger partial charge on any atom is 0.0134 e. The Morgan fingerprint density at radius 2 is 1.83 bits per heavy atom. The van der Waals surface area contributed by atoms with Gasteiger partial charge in [0.15, 0.2) is 0 Å². The van der Waals surface area contributed by atoms with E-state index in [-0.39, 0.29) is 0 Å². The third-order valence-electron chi connectivity index (χ3n) is 1.68. The van der Waals surface area contributed by atoms with E-state index < -0.39 is 0 Å². The second-order valence-electron chi connectivity index (χ2n) is 4.06. The van der Waals surface area contributed by atoms with E-state index in [0.717, 1.165) is 19.0 Å². The molecule has 1 nitrogen and oxygen atoms in total. The fraction of sp³-hybridized carbons (Fsp3) is 0.818. The van der Waals surface area contributed by atoms with E-state index >= 15 is 0 Å². The van der Waals surface area contributed by atoms with Gasteiger partial charge in [0.2, 0.25) is 0 Å². The molecule has 0 saturated carbocycles. The first kappa shape index (κ1) is 11.7. The van der Waals surface area contributed by atoms with Crippen molar-refractivity contribution in [3.05, 3.63) is 12.2 Å². The van der Waals surface area contributed by atoms with Crippen molar-refractivity contribution in [2.45, 2.75) is 34.1 Å². The van der Waals surface area contributed by atoms with Gasteiger partial charge in [0, 0.05) is 6.54 Å². The van der Waals surface area contributed by atoms with Crippen molar-refractivity contribution in [1.82, 2.24) is 5.32 Å². The molecule has 0 fully saturated rings. The highest BCUT2D eigenvalue weighted by atomic mass is 14.8. The van der Waals surface area contributed by atoms with Crippen LogP contribution in [0.3, 0.4) is 0 Å². The molecule has 0 aliphatic carbocycles. The molecule has 0 amide bonds. The fourth-order valence-corrected chi connectivity index (χ4v) is 0.916. The first-order valence-electron chi connectivity index (χ1n) is 5.00. The predicted octanol–water partition coefficient (Wildman–Crippen LogP) is 2.83. The normalized spacial score (nSPS) is 12.2. The Labute approximate surface area is 77.2 Å². The Morgan fingerprint density at radius 3 is 2.33 bits per heavy atom. The summed E-state index contributed by atoms with van der Waals surface area (Å²) in [5.74, 6) is 1.49. The fourth-order valence-electron chi connectivity index (χ4n) is 0.916. The molecule has 1 N–H and O–H groups in total. The van der Waals surface area contributed by atoms with E-state index in [0.29, 0.717) is 5.92 Å². The summed E-state index contributed by atoms with van der Waals surface area (Å²) < 4.78 is 0. The van der Waals surface area contributed by atoms with Crippen LogP contribution < -0.4 is 5.32 Å². The number of hydrogen-bond acceptors (Lipinski definition) is 1. The summed E-state index contributed by atoms with van der Waals surface area (Å²) in [6.45, 7) is 11.1. The molecule has 0 aliphatic heterocycles. The quantitative estimate of drug-likeness (QED) is 0.476. The van der Waals surface area contributed by atoms with Gasteiger partial charge in [0.25, 0.3) is 0 Å². The molecule has 0 aromatic rings. The van der Waals surface area contributed by atoms with Crippen LogP contribution in [0.15, 0.2) is 12.2 Å². The maximum atomic E-state index is 3.39. The topological polar surface area (TPSA) is 12.0 Å². The zero-order valence-corrected chi connectivity index (χ0v) is 8.93. The third-order valence-corrected chi connectivity index (χ3v) is 1.68. The van der Waals surface area contributed by atoms with Crippen LogP contribution in [0.2, 0.25) is 0 Å². The van der Waals surface area contributed by atoms with E-state index in [1.165, 1.54) is 6.42 Å². The van der Waals surface area contributed by atoms with Crippen molar-refractivity contribution in [3.63, 3.8) is 0 Å². The highest BCUT2D eigenvalue weighted by Gasteiger charge is 1.91. The molecule has 0 atom stereocenters. The lowest BCUT2D eigenvalue weighted by atomic mass is 10.1. The predicted molar refractivity (Wildman–Crippen MR) is 56.3 cm³/mol. The SMILES string of the molecule is CC(C)/C=C/CNCCC(C)C. The van der Waals surface area contributed by atoms with Crippen LogP contribution in [-0.2, 0) is 0 Å². The van der Waals surface area contributed by atoms with Crippen LogP contribution in [-0.4, -0.2) is 13.1 Å². The molecule has 0 aromatic carbocycles. The van der Waals surface area contributed by atoms with Crippen molar-refractivity contribution < 1.29 is 0 Å². The molecule has 12 heavy (non-hydrogen) atoms. The average Bonchev–Trinajstić information content (AvgIpc) is 1.95. The minimum Gasteiger partial charge on any atom is -0.313 e. The highest BCUT2D eigenvalue weighted by molar-refractivity contribution is 4.86. The van der Waals surface area contributed by atoms with Gasteiger partial charge < -0.3 is 5.32 Å². The zero-order valence-electron chi connectivity index (χ0n) is 8.93.